The lowest BCUT2D eigenvalue weighted by atomic mass is 9.86. The molecular weight excluding hydrogens is 298 g/mol. The van der Waals surface area contributed by atoms with E-state index in [1.54, 1.807) is 11.8 Å². The Morgan fingerprint density at radius 3 is 2.41 bits per heavy atom. The van der Waals surface area contributed by atoms with Crippen molar-refractivity contribution >= 4 is 23.6 Å². The fraction of sp³-hybridized carbons (Fsp3) is 0.529. The summed E-state index contributed by atoms with van der Waals surface area (Å²) in [4.78, 5) is 24.5. The molecule has 0 aromatic heterocycles. The lowest BCUT2D eigenvalue weighted by Crippen LogP contribution is -2.42. The average molecular weight is 321 g/mol. The van der Waals surface area contributed by atoms with E-state index in [9.17, 15) is 9.59 Å². The summed E-state index contributed by atoms with van der Waals surface area (Å²) in [5.74, 6) is -0.889. The van der Waals surface area contributed by atoms with Crippen molar-refractivity contribution in [2.75, 3.05) is 0 Å². The van der Waals surface area contributed by atoms with Gasteiger partial charge in [0.15, 0.2) is 0 Å². The Morgan fingerprint density at radius 2 is 1.86 bits per heavy atom. The molecule has 2 rings (SSSR count). The van der Waals surface area contributed by atoms with Crippen molar-refractivity contribution in [1.29, 1.82) is 0 Å². The van der Waals surface area contributed by atoms with Crippen LogP contribution < -0.4 is 5.32 Å². The maximum atomic E-state index is 12.4. The van der Waals surface area contributed by atoms with E-state index in [1.165, 1.54) is 0 Å². The molecule has 1 unspecified atom stereocenters. The molecular formula is C17H23NO3S. The maximum Gasteiger partial charge on any atom is 0.306 e. The van der Waals surface area contributed by atoms with Crippen molar-refractivity contribution < 1.29 is 14.7 Å². The highest BCUT2D eigenvalue weighted by Gasteiger charge is 2.28. The minimum atomic E-state index is -0.712. The van der Waals surface area contributed by atoms with Crippen LogP contribution in [0.15, 0.2) is 35.2 Å². The third-order valence-electron chi connectivity index (χ3n) is 4.11. The Balaban J connectivity index is 1.84. The summed E-state index contributed by atoms with van der Waals surface area (Å²) in [6.07, 6.45) is 3.60. The second-order valence-electron chi connectivity index (χ2n) is 5.72. The van der Waals surface area contributed by atoms with Gasteiger partial charge in [-0.2, -0.15) is 0 Å². The molecule has 0 aliphatic heterocycles. The lowest BCUT2D eigenvalue weighted by Gasteiger charge is -2.28. The fourth-order valence-corrected chi connectivity index (χ4v) is 3.75. The predicted octanol–water partition coefficient (Wildman–Crippen LogP) is 3.32. The number of thioether (sulfide) groups is 1. The Labute approximate surface area is 135 Å². The molecule has 1 aromatic carbocycles. The van der Waals surface area contributed by atoms with E-state index in [-0.39, 0.29) is 23.1 Å². The van der Waals surface area contributed by atoms with Crippen LogP contribution in [-0.2, 0) is 9.59 Å². The lowest BCUT2D eigenvalue weighted by molar-refractivity contribution is -0.142. The average Bonchev–Trinajstić information content (AvgIpc) is 2.54. The summed E-state index contributed by atoms with van der Waals surface area (Å²) in [6.45, 7) is 2.02. The van der Waals surface area contributed by atoms with Crippen LogP contribution in [0.25, 0.3) is 0 Å². The third-order valence-corrected chi connectivity index (χ3v) is 5.48. The molecule has 1 saturated carbocycles. The first-order valence-electron chi connectivity index (χ1n) is 7.85. The zero-order valence-corrected chi connectivity index (χ0v) is 13.6. The van der Waals surface area contributed by atoms with Gasteiger partial charge < -0.3 is 10.4 Å². The molecule has 0 saturated heterocycles. The van der Waals surface area contributed by atoms with Gasteiger partial charge in [0.1, 0.15) is 0 Å². The van der Waals surface area contributed by atoms with Gasteiger partial charge >= 0.3 is 5.97 Å². The Bertz CT molecular complexity index is 498. The second-order valence-corrected chi connectivity index (χ2v) is 7.00. The molecule has 5 heteroatoms. The van der Waals surface area contributed by atoms with E-state index in [4.69, 9.17) is 5.11 Å². The maximum absolute atomic E-state index is 12.4. The first kappa shape index (κ1) is 16.9. The van der Waals surface area contributed by atoms with Gasteiger partial charge in [0, 0.05) is 10.9 Å². The van der Waals surface area contributed by atoms with E-state index in [1.807, 2.05) is 37.3 Å². The number of amides is 1. The largest absolute Gasteiger partial charge is 0.481 e. The smallest absolute Gasteiger partial charge is 0.306 e. The standard InChI is InChI=1S/C17H23NO3S/c1-2-15(22-14-6-4-3-5-7-14)16(19)18-13-10-8-12(9-11-13)17(20)21/h3-7,12-13,15H,2,8-11H2,1H3,(H,18,19)(H,20,21). The second kappa shape index (κ2) is 8.22. The van der Waals surface area contributed by atoms with Crippen molar-refractivity contribution in [1.82, 2.24) is 5.32 Å². The van der Waals surface area contributed by atoms with Crippen molar-refractivity contribution in [3.63, 3.8) is 0 Å². The fourth-order valence-electron chi connectivity index (χ4n) is 2.76. The monoisotopic (exact) mass is 321 g/mol. The molecule has 120 valence electrons. The molecule has 1 amide bonds. The van der Waals surface area contributed by atoms with Gasteiger partial charge in [0.25, 0.3) is 0 Å². The number of nitrogens with one attached hydrogen (secondary N) is 1. The molecule has 22 heavy (non-hydrogen) atoms. The predicted molar refractivity (Wildman–Crippen MR) is 87.9 cm³/mol. The molecule has 0 spiro atoms. The molecule has 0 bridgehead atoms. The summed E-state index contributed by atoms with van der Waals surface area (Å²) < 4.78 is 0. The summed E-state index contributed by atoms with van der Waals surface area (Å²) in [5, 5.41) is 12.0. The Kier molecular flexibility index (Phi) is 6.31. The number of carboxylic acid groups (broad SMARTS) is 1. The minimum absolute atomic E-state index is 0.0649. The summed E-state index contributed by atoms with van der Waals surface area (Å²) in [7, 11) is 0. The van der Waals surface area contributed by atoms with Crippen LogP contribution in [0.1, 0.15) is 39.0 Å². The number of benzene rings is 1. The number of carboxylic acids is 1. The summed E-state index contributed by atoms with van der Waals surface area (Å²) >= 11 is 1.58. The zero-order chi connectivity index (χ0) is 15.9. The Morgan fingerprint density at radius 1 is 1.23 bits per heavy atom. The normalized spacial score (nSPS) is 22.8. The van der Waals surface area contributed by atoms with E-state index in [0.717, 1.165) is 24.2 Å². The van der Waals surface area contributed by atoms with Crippen LogP contribution in [0.4, 0.5) is 0 Å². The highest BCUT2D eigenvalue weighted by Crippen LogP contribution is 2.27. The molecule has 0 radical (unpaired) electrons. The highest BCUT2D eigenvalue weighted by atomic mass is 32.2. The van der Waals surface area contributed by atoms with Gasteiger partial charge in [-0.25, -0.2) is 0 Å². The van der Waals surface area contributed by atoms with Gasteiger partial charge in [-0.3, -0.25) is 9.59 Å². The van der Waals surface area contributed by atoms with Crippen LogP contribution in [0.2, 0.25) is 0 Å². The highest BCUT2D eigenvalue weighted by molar-refractivity contribution is 8.00. The quantitative estimate of drug-likeness (QED) is 0.789. The van der Waals surface area contributed by atoms with Crippen molar-refractivity contribution in [3.8, 4) is 0 Å². The van der Waals surface area contributed by atoms with E-state index < -0.39 is 5.97 Å². The molecule has 2 N–H and O–H groups in total. The number of carbonyl (C=O) groups is 2. The number of rotatable bonds is 6. The van der Waals surface area contributed by atoms with Crippen molar-refractivity contribution in [3.05, 3.63) is 30.3 Å². The van der Waals surface area contributed by atoms with Gasteiger partial charge in [0.2, 0.25) is 5.91 Å². The molecule has 1 aliphatic rings. The molecule has 1 aliphatic carbocycles. The molecule has 1 aromatic rings. The topological polar surface area (TPSA) is 66.4 Å². The van der Waals surface area contributed by atoms with Gasteiger partial charge in [0.05, 0.1) is 11.2 Å². The van der Waals surface area contributed by atoms with Crippen LogP contribution >= 0.6 is 11.8 Å². The molecule has 4 nitrogen and oxygen atoms in total. The number of aliphatic carboxylic acids is 1. The van der Waals surface area contributed by atoms with Gasteiger partial charge in [-0.15, -0.1) is 11.8 Å². The number of hydrogen-bond acceptors (Lipinski definition) is 3. The first-order chi connectivity index (χ1) is 10.6. The summed E-state index contributed by atoms with van der Waals surface area (Å²) in [5.41, 5.74) is 0. The number of carbonyl (C=O) groups excluding carboxylic acids is 1. The van der Waals surface area contributed by atoms with Crippen LogP contribution in [0.5, 0.6) is 0 Å². The van der Waals surface area contributed by atoms with Gasteiger partial charge in [-0.05, 0) is 44.2 Å². The zero-order valence-electron chi connectivity index (χ0n) is 12.8. The molecule has 0 heterocycles. The summed E-state index contributed by atoms with van der Waals surface area (Å²) in [6, 6.07) is 10.1. The minimum Gasteiger partial charge on any atom is -0.481 e. The van der Waals surface area contributed by atoms with Crippen LogP contribution in [0.3, 0.4) is 0 Å². The van der Waals surface area contributed by atoms with Crippen molar-refractivity contribution in [2.24, 2.45) is 5.92 Å². The van der Waals surface area contributed by atoms with E-state index >= 15 is 0 Å². The Hall–Kier alpha value is -1.49. The SMILES string of the molecule is CCC(Sc1ccccc1)C(=O)NC1CCC(C(=O)O)CC1. The van der Waals surface area contributed by atoms with Gasteiger partial charge in [-0.1, -0.05) is 25.1 Å². The van der Waals surface area contributed by atoms with E-state index in [2.05, 4.69) is 5.32 Å². The van der Waals surface area contributed by atoms with Crippen molar-refractivity contribution in [2.45, 2.75) is 55.2 Å². The number of hydrogen-bond donors (Lipinski definition) is 2. The molecule has 1 fully saturated rings. The van der Waals surface area contributed by atoms with Crippen LogP contribution in [0, 0.1) is 5.92 Å². The van der Waals surface area contributed by atoms with E-state index in [0.29, 0.717) is 12.8 Å². The first-order valence-corrected chi connectivity index (χ1v) is 8.73. The van der Waals surface area contributed by atoms with Crippen LogP contribution in [-0.4, -0.2) is 28.3 Å². The third kappa shape index (κ3) is 4.77. The molecule has 1 atom stereocenters.